The second kappa shape index (κ2) is 9.05. The van der Waals surface area contributed by atoms with Crippen LogP contribution in [0.3, 0.4) is 0 Å². The summed E-state index contributed by atoms with van der Waals surface area (Å²) >= 11 is 4.81. The molecule has 1 amide bonds. The van der Waals surface area contributed by atoms with Crippen LogP contribution in [0.5, 0.6) is 5.75 Å². The van der Waals surface area contributed by atoms with E-state index in [0.717, 1.165) is 26.8 Å². The molecule has 0 saturated heterocycles. The van der Waals surface area contributed by atoms with Crippen molar-refractivity contribution in [2.24, 2.45) is 5.10 Å². The predicted octanol–water partition coefficient (Wildman–Crippen LogP) is 4.36. The minimum Gasteiger partial charge on any atom is -0.490 e. The first-order chi connectivity index (χ1) is 13.0. The second-order valence-electron chi connectivity index (χ2n) is 6.00. The van der Waals surface area contributed by atoms with Crippen molar-refractivity contribution in [3.8, 4) is 5.75 Å². The van der Waals surface area contributed by atoms with Crippen molar-refractivity contribution in [2.45, 2.75) is 25.1 Å². The molecule has 0 atom stereocenters. The van der Waals surface area contributed by atoms with E-state index in [0.29, 0.717) is 5.16 Å². The van der Waals surface area contributed by atoms with Gasteiger partial charge < -0.3 is 9.72 Å². The molecule has 0 radical (unpaired) electrons. The quantitative estimate of drug-likeness (QED) is 0.321. The van der Waals surface area contributed by atoms with E-state index in [9.17, 15) is 4.79 Å². The van der Waals surface area contributed by atoms with Crippen LogP contribution in [0.15, 0.2) is 57.2 Å². The highest BCUT2D eigenvalue weighted by Gasteiger charge is 2.07. The number of thioether (sulfide) groups is 1. The lowest BCUT2D eigenvalue weighted by Crippen LogP contribution is -2.19. The highest BCUT2D eigenvalue weighted by atomic mass is 79.9. The van der Waals surface area contributed by atoms with Crippen molar-refractivity contribution in [1.29, 1.82) is 0 Å². The van der Waals surface area contributed by atoms with Crippen LogP contribution < -0.4 is 10.2 Å². The number of para-hydroxylation sites is 2. The zero-order valence-corrected chi connectivity index (χ0v) is 17.3. The number of carbonyl (C=O) groups excluding carboxylic acids is 1. The topological polar surface area (TPSA) is 79.4 Å². The number of benzene rings is 2. The van der Waals surface area contributed by atoms with Crippen LogP contribution in [0.2, 0.25) is 0 Å². The molecule has 1 heterocycles. The van der Waals surface area contributed by atoms with Gasteiger partial charge in [-0.3, -0.25) is 4.79 Å². The maximum absolute atomic E-state index is 11.9. The largest absolute Gasteiger partial charge is 0.490 e. The van der Waals surface area contributed by atoms with Crippen LogP contribution in [-0.4, -0.2) is 33.9 Å². The van der Waals surface area contributed by atoms with Crippen molar-refractivity contribution < 1.29 is 9.53 Å². The van der Waals surface area contributed by atoms with E-state index in [1.165, 1.54) is 11.8 Å². The van der Waals surface area contributed by atoms with E-state index in [4.69, 9.17) is 4.74 Å². The summed E-state index contributed by atoms with van der Waals surface area (Å²) in [5.41, 5.74) is 5.21. The van der Waals surface area contributed by atoms with Crippen LogP contribution >= 0.6 is 27.7 Å². The van der Waals surface area contributed by atoms with Crippen molar-refractivity contribution in [2.75, 3.05) is 5.75 Å². The minimum absolute atomic E-state index is 0.101. The summed E-state index contributed by atoms with van der Waals surface area (Å²) in [4.78, 5) is 19.5. The number of ether oxygens (including phenoxy) is 1. The van der Waals surface area contributed by atoms with Crippen molar-refractivity contribution >= 4 is 50.8 Å². The van der Waals surface area contributed by atoms with Crippen LogP contribution in [0.4, 0.5) is 0 Å². The van der Waals surface area contributed by atoms with Crippen molar-refractivity contribution in [1.82, 2.24) is 15.4 Å². The van der Waals surface area contributed by atoms with Gasteiger partial charge in [-0.15, -0.1) is 0 Å². The highest BCUT2D eigenvalue weighted by Crippen LogP contribution is 2.26. The number of halogens is 1. The van der Waals surface area contributed by atoms with Crippen LogP contribution in [0, 0.1) is 0 Å². The van der Waals surface area contributed by atoms with Gasteiger partial charge in [-0.05, 0) is 65.7 Å². The summed E-state index contributed by atoms with van der Waals surface area (Å²) in [6, 6.07) is 13.4. The number of aromatic amines is 1. The van der Waals surface area contributed by atoms with E-state index >= 15 is 0 Å². The predicted molar refractivity (Wildman–Crippen MR) is 112 cm³/mol. The molecule has 2 aromatic carbocycles. The van der Waals surface area contributed by atoms with Crippen molar-refractivity contribution in [3.63, 3.8) is 0 Å². The zero-order valence-electron chi connectivity index (χ0n) is 14.9. The first-order valence-corrected chi connectivity index (χ1v) is 10.1. The summed E-state index contributed by atoms with van der Waals surface area (Å²) in [5, 5.41) is 4.71. The number of hydrogen-bond donors (Lipinski definition) is 2. The Morgan fingerprint density at radius 3 is 2.93 bits per heavy atom. The fraction of sp³-hybridized carbons (Fsp3) is 0.211. The van der Waals surface area contributed by atoms with Crippen LogP contribution in [-0.2, 0) is 4.79 Å². The second-order valence-corrected chi connectivity index (χ2v) is 7.82. The molecule has 8 heteroatoms. The Morgan fingerprint density at radius 1 is 1.37 bits per heavy atom. The number of nitrogens with zero attached hydrogens (tertiary/aromatic N) is 2. The molecule has 0 aliphatic rings. The number of carbonyl (C=O) groups is 1. The Balaban J connectivity index is 1.50. The van der Waals surface area contributed by atoms with Gasteiger partial charge in [-0.2, -0.15) is 5.10 Å². The molecule has 2 N–H and O–H groups in total. The van der Waals surface area contributed by atoms with Gasteiger partial charge in [0.15, 0.2) is 5.16 Å². The molecule has 3 aromatic rings. The van der Waals surface area contributed by atoms with Gasteiger partial charge >= 0.3 is 0 Å². The zero-order chi connectivity index (χ0) is 19.2. The summed E-state index contributed by atoms with van der Waals surface area (Å²) in [5.74, 6) is 0.797. The summed E-state index contributed by atoms with van der Waals surface area (Å²) in [6.45, 7) is 3.95. The molecular formula is C19H19BrN4O2S. The molecule has 140 valence electrons. The molecule has 0 unspecified atom stereocenters. The average molecular weight is 447 g/mol. The van der Waals surface area contributed by atoms with E-state index < -0.39 is 0 Å². The SMILES string of the molecule is CC(C)Oc1ccc(/C=N\NC(=O)CSc2nc3ccccc3[nH]2)cc1Br. The summed E-state index contributed by atoms with van der Waals surface area (Å²) < 4.78 is 6.51. The van der Waals surface area contributed by atoms with Gasteiger partial charge in [0, 0.05) is 0 Å². The Kier molecular flexibility index (Phi) is 6.52. The average Bonchev–Trinajstić information content (AvgIpc) is 3.05. The maximum Gasteiger partial charge on any atom is 0.250 e. The lowest BCUT2D eigenvalue weighted by atomic mass is 10.2. The first-order valence-electron chi connectivity index (χ1n) is 8.37. The third-order valence-corrected chi connectivity index (χ3v) is 4.92. The summed E-state index contributed by atoms with van der Waals surface area (Å²) in [6.07, 6.45) is 1.69. The molecule has 0 fully saturated rings. The number of H-pyrrole nitrogens is 1. The Labute approximate surface area is 169 Å². The molecule has 0 saturated carbocycles. The normalized spacial score (nSPS) is 11.4. The lowest BCUT2D eigenvalue weighted by Gasteiger charge is -2.11. The first kappa shape index (κ1) is 19.4. The molecule has 0 aliphatic carbocycles. The Bertz CT molecular complexity index is 938. The monoisotopic (exact) mass is 446 g/mol. The Morgan fingerprint density at radius 2 is 2.19 bits per heavy atom. The summed E-state index contributed by atoms with van der Waals surface area (Å²) in [7, 11) is 0. The molecular weight excluding hydrogens is 428 g/mol. The molecule has 3 rings (SSSR count). The molecule has 0 aliphatic heterocycles. The van der Waals surface area contributed by atoms with E-state index in [2.05, 4.69) is 36.4 Å². The number of hydrogen-bond acceptors (Lipinski definition) is 5. The fourth-order valence-electron chi connectivity index (χ4n) is 2.29. The number of rotatable bonds is 7. The van der Waals surface area contributed by atoms with Gasteiger partial charge in [0.25, 0.3) is 5.91 Å². The van der Waals surface area contributed by atoms with Gasteiger partial charge in [0.2, 0.25) is 0 Å². The maximum atomic E-state index is 11.9. The van der Waals surface area contributed by atoms with Gasteiger partial charge in [-0.25, -0.2) is 10.4 Å². The van der Waals surface area contributed by atoms with Gasteiger partial charge in [0.1, 0.15) is 5.75 Å². The number of hydrazone groups is 1. The minimum atomic E-state index is -0.199. The highest BCUT2D eigenvalue weighted by molar-refractivity contribution is 9.10. The molecule has 6 nitrogen and oxygen atoms in total. The van der Waals surface area contributed by atoms with E-state index in [1.807, 2.05) is 56.3 Å². The third kappa shape index (κ3) is 5.58. The van der Waals surface area contributed by atoms with Gasteiger partial charge in [-0.1, -0.05) is 23.9 Å². The lowest BCUT2D eigenvalue weighted by molar-refractivity contribution is -0.118. The van der Waals surface area contributed by atoms with E-state index in [1.54, 1.807) is 6.21 Å². The van der Waals surface area contributed by atoms with Crippen LogP contribution in [0.1, 0.15) is 19.4 Å². The molecule has 27 heavy (non-hydrogen) atoms. The van der Waals surface area contributed by atoms with E-state index in [-0.39, 0.29) is 17.8 Å². The standard InChI is InChI=1S/C19H19BrN4O2S/c1-12(2)26-17-8-7-13(9-14(17)20)10-21-24-18(25)11-27-19-22-15-5-3-4-6-16(15)23-19/h3-10,12H,11H2,1-2H3,(H,22,23)(H,24,25)/b21-10-. The third-order valence-electron chi connectivity index (χ3n) is 3.43. The van der Waals surface area contributed by atoms with Crippen LogP contribution in [0.25, 0.3) is 11.0 Å². The number of aromatic nitrogens is 2. The number of nitrogens with one attached hydrogen (secondary N) is 2. The Hall–Kier alpha value is -2.32. The molecule has 1 aromatic heterocycles. The van der Waals surface area contributed by atoms with Gasteiger partial charge in [0.05, 0.1) is 33.6 Å². The number of fused-ring (bicyclic) bond motifs is 1. The number of imidazole rings is 1. The number of amides is 1. The van der Waals surface area contributed by atoms with Crippen molar-refractivity contribution in [3.05, 3.63) is 52.5 Å². The smallest absolute Gasteiger partial charge is 0.250 e. The fourth-order valence-corrected chi connectivity index (χ4v) is 3.46. The molecule has 0 spiro atoms. The molecule has 0 bridgehead atoms.